The molecule has 1 heteroatoms. The summed E-state index contributed by atoms with van der Waals surface area (Å²) >= 11 is 0. The molecule has 1 nitrogen and oxygen atoms in total. The predicted molar refractivity (Wildman–Crippen MR) is 76.4 cm³/mol. The first kappa shape index (κ1) is 14.2. The maximum atomic E-state index is 3.51. The quantitative estimate of drug-likeness (QED) is 0.752. The summed E-state index contributed by atoms with van der Waals surface area (Å²) in [6.07, 6.45) is 3.72. The van der Waals surface area contributed by atoms with Crippen LogP contribution in [0.5, 0.6) is 0 Å². The molecule has 0 aliphatic carbocycles. The van der Waals surface area contributed by atoms with E-state index in [0.717, 1.165) is 13.1 Å². The van der Waals surface area contributed by atoms with Crippen molar-refractivity contribution in [2.75, 3.05) is 13.1 Å². The maximum Gasteiger partial charge on any atom is 0.000823 e. The number of benzene rings is 1. The van der Waals surface area contributed by atoms with E-state index >= 15 is 0 Å². The molecule has 1 N–H and O–H groups in total. The van der Waals surface area contributed by atoms with Gasteiger partial charge in [-0.05, 0) is 42.9 Å². The minimum atomic E-state index is 0.386. The van der Waals surface area contributed by atoms with E-state index in [0.29, 0.717) is 5.41 Å². The minimum absolute atomic E-state index is 0.386. The Morgan fingerprint density at radius 3 is 2.47 bits per heavy atom. The van der Waals surface area contributed by atoms with Crippen LogP contribution in [0.2, 0.25) is 0 Å². The van der Waals surface area contributed by atoms with E-state index in [9.17, 15) is 0 Å². The molecular formula is C16H27N. The molecule has 0 spiro atoms. The molecule has 0 aliphatic heterocycles. The molecule has 1 aromatic rings. The third-order valence-electron chi connectivity index (χ3n) is 3.53. The van der Waals surface area contributed by atoms with Crippen molar-refractivity contribution in [2.24, 2.45) is 5.41 Å². The summed E-state index contributed by atoms with van der Waals surface area (Å²) in [6.45, 7) is 11.3. The summed E-state index contributed by atoms with van der Waals surface area (Å²) in [5.74, 6) is 0. The second kappa shape index (κ2) is 6.80. The smallest absolute Gasteiger partial charge is 0.000823 e. The SMILES string of the molecule is CCCC(C)(CNCC)Cc1ccccc1C. The lowest BCUT2D eigenvalue weighted by Gasteiger charge is -2.30. The highest BCUT2D eigenvalue weighted by Gasteiger charge is 2.23. The van der Waals surface area contributed by atoms with E-state index in [4.69, 9.17) is 0 Å². The van der Waals surface area contributed by atoms with Crippen molar-refractivity contribution in [3.63, 3.8) is 0 Å². The van der Waals surface area contributed by atoms with Gasteiger partial charge >= 0.3 is 0 Å². The van der Waals surface area contributed by atoms with Crippen molar-refractivity contribution in [3.05, 3.63) is 35.4 Å². The normalized spacial score (nSPS) is 14.6. The van der Waals surface area contributed by atoms with Crippen LogP contribution >= 0.6 is 0 Å². The molecule has 0 saturated heterocycles. The summed E-state index contributed by atoms with van der Waals surface area (Å²) in [5, 5.41) is 3.51. The number of hydrogen-bond donors (Lipinski definition) is 1. The average molecular weight is 233 g/mol. The summed E-state index contributed by atoms with van der Waals surface area (Å²) in [5.41, 5.74) is 3.31. The Kier molecular flexibility index (Phi) is 5.70. The molecule has 1 unspecified atom stereocenters. The summed E-state index contributed by atoms with van der Waals surface area (Å²) in [4.78, 5) is 0. The van der Waals surface area contributed by atoms with Gasteiger partial charge in [0.2, 0.25) is 0 Å². The van der Waals surface area contributed by atoms with Crippen LogP contribution in [-0.4, -0.2) is 13.1 Å². The van der Waals surface area contributed by atoms with Gasteiger partial charge in [-0.1, -0.05) is 51.5 Å². The van der Waals surface area contributed by atoms with Crippen molar-refractivity contribution < 1.29 is 0 Å². The molecule has 17 heavy (non-hydrogen) atoms. The Morgan fingerprint density at radius 1 is 1.18 bits per heavy atom. The molecule has 0 heterocycles. The second-order valence-corrected chi connectivity index (χ2v) is 5.44. The van der Waals surface area contributed by atoms with Gasteiger partial charge in [-0.3, -0.25) is 0 Å². The summed E-state index contributed by atoms with van der Waals surface area (Å²) < 4.78 is 0. The molecule has 96 valence electrons. The lowest BCUT2D eigenvalue weighted by Crippen LogP contribution is -2.33. The van der Waals surface area contributed by atoms with Crippen LogP contribution < -0.4 is 5.32 Å². The fourth-order valence-electron chi connectivity index (χ4n) is 2.54. The molecule has 1 rings (SSSR count). The van der Waals surface area contributed by atoms with Gasteiger partial charge in [0.15, 0.2) is 0 Å². The van der Waals surface area contributed by atoms with Crippen molar-refractivity contribution in [2.45, 2.75) is 47.0 Å². The number of nitrogens with one attached hydrogen (secondary N) is 1. The van der Waals surface area contributed by atoms with Crippen molar-refractivity contribution in [1.82, 2.24) is 5.32 Å². The van der Waals surface area contributed by atoms with E-state index in [1.165, 1.54) is 30.4 Å². The zero-order chi connectivity index (χ0) is 12.7. The van der Waals surface area contributed by atoms with Crippen molar-refractivity contribution >= 4 is 0 Å². The van der Waals surface area contributed by atoms with Gasteiger partial charge in [-0.25, -0.2) is 0 Å². The fourth-order valence-corrected chi connectivity index (χ4v) is 2.54. The zero-order valence-corrected chi connectivity index (χ0v) is 11.8. The van der Waals surface area contributed by atoms with Crippen LogP contribution in [0.1, 0.15) is 44.7 Å². The van der Waals surface area contributed by atoms with Crippen LogP contribution in [0.4, 0.5) is 0 Å². The van der Waals surface area contributed by atoms with Crippen molar-refractivity contribution in [3.8, 4) is 0 Å². The van der Waals surface area contributed by atoms with Gasteiger partial charge in [0.25, 0.3) is 0 Å². The van der Waals surface area contributed by atoms with E-state index in [2.05, 4.69) is 57.3 Å². The Labute approximate surface area is 107 Å². The fraction of sp³-hybridized carbons (Fsp3) is 0.625. The van der Waals surface area contributed by atoms with Crippen LogP contribution in [0.3, 0.4) is 0 Å². The van der Waals surface area contributed by atoms with E-state index in [-0.39, 0.29) is 0 Å². The van der Waals surface area contributed by atoms with Gasteiger partial charge in [-0.2, -0.15) is 0 Å². The molecular weight excluding hydrogens is 206 g/mol. The van der Waals surface area contributed by atoms with Crippen LogP contribution in [0.25, 0.3) is 0 Å². The van der Waals surface area contributed by atoms with Gasteiger partial charge < -0.3 is 5.32 Å². The predicted octanol–water partition coefficient (Wildman–Crippen LogP) is 3.95. The molecule has 1 aromatic carbocycles. The number of aryl methyl sites for hydroxylation is 1. The Balaban J connectivity index is 2.75. The first-order chi connectivity index (χ1) is 8.11. The highest BCUT2D eigenvalue weighted by Crippen LogP contribution is 2.28. The Morgan fingerprint density at radius 2 is 1.88 bits per heavy atom. The number of hydrogen-bond acceptors (Lipinski definition) is 1. The van der Waals surface area contributed by atoms with Gasteiger partial charge in [0, 0.05) is 6.54 Å². The molecule has 0 aromatic heterocycles. The third kappa shape index (κ3) is 4.51. The van der Waals surface area contributed by atoms with Crippen LogP contribution in [-0.2, 0) is 6.42 Å². The lowest BCUT2D eigenvalue weighted by molar-refractivity contribution is 0.277. The summed E-state index contributed by atoms with van der Waals surface area (Å²) in [6, 6.07) is 8.77. The molecule has 0 aliphatic rings. The van der Waals surface area contributed by atoms with Gasteiger partial charge in [0.1, 0.15) is 0 Å². The largest absolute Gasteiger partial charge is 0.316 e. The highest BCUT2D eigenvalue weighted by atomic mass is 14.9. The summed E-state index contributed by atoms with van der Waals surface area (Å²) in [7, 11) is 0. The third-order valence-corrected chi connectivity index (χ3v) is 3.53. The van der Waals surface area contributed by atoms with E-state index in [1.54, 1.807) is 0 Å². The van der Waals surface area contributed by atoms with E-state index in [1.807, 2.05) is 0 Å². The monoisotopic (exact) mass is 233 g/mol. The van der Waals surface area contributed by atoms with E-state index < -0.39 is 0 Å². The van der Waals surface area contributed by atoms with Gasteiger partial charge in [0.05, 0.1) is 0 Å². The average Bonchev–Trinajstić information content (AvgIpc) is 2.30. The maximum absolute atomic E-state index is 3.51. The molecule has 0 bridgehead atoms. The standard InChI is InChI=1S/C16H27N/c1-5-11-16(4,13-17-6-2)12-15-10-8-7-9-14(15)3/h7-10,17H,5-6,11-13H2,1-4H3. The van der Waals surface area contributed by atoms with Crippen LogP contribution in [0, 0.1) is 12.3 Å². The highest BCUT2D eigenvalue weighted by molar-refractivity contribution is 5.26. The first-order valence-electron chi connectivity index (χ1n) is 6.86. The number of rotatable bonds is 7. The molecule has 0 radical (unpaired) electrons. The molecule has 0 amide bonds. The minimum Gasteiger partial charge on any atom is -0.316 e. The van der Waals surface area contributed by atoms with Crippen molar-refractivity contribution in [1.29, 1.82) is 0 Å². The Hall–Kier alpha value is -0.820. The zero-order valence-electron chi connectivity index (χ0n) is 11.8. The first-order valence-corrected chi connectivity index (χ1v) is 6.86. The van der Waals surface area contributed by atoms with Gasteiger partial charge in [-0.15, -0.1) is 0 Å². The topological polar surface area (TPSA) is 12.0 Å². The second-order valence-electron chi connectivity index (χ2n) is 5.44. The molecule has 0 fully saturated rings. The molecule has 1 atom stereocenters. The lowest BCUT2D eigenvalue weighted by atomic mass is 9.78. The van der Waals surface area contributed by atoms with Crippen LogP contribution in [0.15, 0.2) is 24.3 Å². The molecule has 0 saturated carbocycles. The Bertz CT molecular complexity index is 332.